The Kier molecular flexibility index (Phi) is 2.89. The number of halogens is 1. The zero-order valence-corrected chi connectivity index (χ0v) is 9.15. The smallest absolute Gasteiger partial charge is 0.300 e. The minimum Gasteiger partial charge on any atom is -0.392 e. The highest BCUT2D eigenvalue weighted by molar-refractivity contribution is 9.10. The standard InChI is InChI=1S/C7H6BrN3O4/c1-3-4(10(12)13)2-5(11(14)15)7(9)6(3)8/h2H,9H2,1H3. The van der Waals surface area contributed by atoms with E-state index in [0.29, 0.717) is 0 Å². The van der Waals surface area contributed by atoms with E-state index in [9.17, 15) is 20.2 Å². The summed E-state index contributed by atoms with van der Waals surface area (Å²) in [7, 11) is 0. The van der Waals surface area contributed by atoms with Crippen LogP contribution in [0.2, 0.25) is 0 Å². The number of nitro groups is 2. The Labute approximate surface area is 92.3 Å². The van der Waals surface area contributed by atoms with Gasteiger partial charge in [-0.05, 0) is 22.9 Å². The van der Waals surface area contributed by atoms with Crippen LogP contribution in [0.4, 0.5) is 17.1 Å². The molecule has 1 aromatic carbocycles. The number of hydrogen-bond donors (Lipinski definition) is 1. The number of anilines is 1. The Balaban J connectivity index is 3.59. The Bertz CT molecular complexity index is 422. The Morgan fingerprint density at radius 1 is 1.27 bits per heavy atom. The highest BCUT2D eigenvalue weighted by Crippen LogP contribution is 2.38. The summed E-state index contributed by atoms with van der Waals surface area (Å²) in [6.07, 6.45) is 0. The molecular weight excluding hydrogens is 270 g/mol. The molecule has 15 heavy (non-hydrogen) atoms. The number of hydrogen-bond acceptors (Lipinski definition) is 5. The van der Waals surface area contributed by atoms with Crippen molar-refractivity contribution in [3.8, 4) is 0 Å². The van der Waals surface area contributed by atoms with Gasteiger partial charge in [-0.1, -0.05) is 0 Å². The summed E-state index contributed by atoms with van der Waals surface area (Å²) >= 11 is 2.98. The molecule has 0 aliphatic heterocycles. The lowest BCUT2D eigenvalue weighted by Crippen LogP contribution is -2.01. The van der Waals surface area contributed by atoms with Crippen LogP contribution in [0.5, 0.6) is 0 Å². The molecule has 0 heterocycles. The topological polar surface area (TPSA) is 112 Å². The van der Waals surface area contributed by atoms with Gasteiger partial charge >= 0.3 is 0 Å². The summed E-state index contributed by atoms with van der Waals surface area (Å²) in [6, 6.07) is 0.857. The first-order valence-corrected chi connectivity index (χ1v) is 4.53. The Morgan fingerprint density at radius 3 is 2.13 bits per heavy atom. The first-order valence-electron chi connectivity index (χ1n) is 3.73. The van der Waals surface area contributed by atoms with Gasteiger partial charge in [0.05, 0.1) is 20.4 Å². The van der Waals surface area contributed by atoms with Crippen LogP contribution in [-0.2, 0) is 0 Å². The van der Waals surface area contributed by atoms with E-state index in [1.54, 1.807) is 0 Å². The molecule has 0 aliphatic carbocycles. The predicted molar refractivity (Wildman–Crippen MR) is 56.6 cm³/mol. The van der Waals surface area contributed by atoms with Gasteiger partial charge in [0, 0.05) is 5.56 Å². The molecule has 0 amide bonds. The van der Waals surface area contributed by atoms with Crippen molar-refractivity contribution in [3.63, 3.8) is 0 Å². The van der Waals surface area contributed by atoms with Crippen molar-refractivity contribution in [2.45, 2.75) is 6.92 Å². The van der Waals surface area contributed by atoms with E-state index in [4.69, 9.17) is 5.73 Å². The minimum absolute atomic E-state index is 0.108. The molecule has 80 valence electrons. The number of rotatable bonds is 2. The molecule has 0 spiro atoms. The summed E-state index contributed by atoms with van der Waals surface area (Å²) in [6.45, 7) is 1.46. The van der Waals surface area contributed by atoms with Gasteiger partial charge in [0.15, 0.2) is 0 Å². The number of nitro benzene ring substituents is 2. The monoisotopic (exact) mass is 275 g/mol. The van der Waals surface area contributed by atoms with Gasteiger partial charge in [0.1, 0.15) is 5.69 Å². The highest BCUT2D eigenvalue weighted by atomic mass is 79.9. The molecule has 1 rings (SSSR count). The van der Waals surface area contributed by atoms with Crippen LogP contribution in [0.3, 0.4) is 0 Å². The van der Waals surface area contributed by atoms with E-state index in [-0.39, 0.29) is 21.4 Å². The fraction of sp³-hybridized carbons (Fsp3) is 0.143. The zero-order chi connectivity index (χ0) is 11.7. The summed E-state index contributed by atoms with van der Waals surface area (Å²) in [5.74, 6) is 0. The zero-order valence-electron chi connectivity index (χ0n) is 7.56. The molecule has 0 saturated carbocycles. The third-order valence-corrected chi connectivity index (χ3v) is 2.91. The van der Waals surface area contributed by atoms with E-state index >= 15 is 0 Å². The molecule has 8 heteroatoms. The highest BCUT2D eigenvalue weighted by Gasteiger charge is 2.24. The number of nitrogens with two attached hydrogens (primary N) is 1. The largest absolute Gasteiger partial charge is 0.392 e. The fourth-order valence-electron chi connectivity index (χ4n) is 1.08. The van der Waals surface area contributed by atoms with Gasteiger partial charge in [-0.25, -0.2) is 0 Å². The van der Waals surface area contributed by atoms with Crippen molar-refractivity contribution in [1.82, 2.24) is 0 Å². The normalized spacial score (nSPS) is 10.0. The third-order valence-electron chi connectivity index (χ3n) is 1.89. The van der Waals surface area contributed by atoms with Gasteiger partial charge in [-0.15, -0.1) is 0 Å². The average molecular weight is 276 g/mol. The minimum atomic E-state index is -0.757. The third kappa shape index (κ3) is 1.89. The summed E-state index contributed by atoms with van der Waals surface area (Å²) in [4.78, 5) is 19.7. The van der Waals surface area contributed by atoms with Crippen molar-refractivity contribution in [2.75, 3.05) is 5.73 Å². The van der Waals surface area contributed by atoms with Gasteiger partial charge in [-0.2, -0.15) is 0 Å². The molecule has 0 aliphatic rings. The lowest BCUT2D eigenvalue weighted by Gasteiger charge is -2.04. The quantitative estimate of drug-likeness (QED) is 0.505. The molecule has 7 nitrogen and oxygen atoms in total. The molecular formula is C7H6BrN3O4. The van der Waals surface area contributed by atoms with Crippen LogP contribution in [0.15, 0.2) is 10.5 Å². The lowest BCUT2D eigenvalue weighted by atomic mass is 10.1. The van der Waals surface area contributed by atoms with E-state index in [2.05, 4.69) is 15.9 Å². The summed E-state index contributed by atoms with van der Waals surface area (Å²) in [5.41, 5.74) is 4.80. The molecule has 0 atom stereocenters. The van der Waals surface area contributed by atoms with Crippen LogP contribution in [-0.4, -0.2) is 9.85 Å². The van der Waals surface area contributed by atoms with Gasteiger partial charge < -0.3 is 5.73 Å². The van der Waals surface area contributed by atoms with E-state index in [0.717, 1.165) is 6.07 Å². The number of nitrogen functional groups attached to an aromatic ring is 1. The molecule has 0 bridgehead atoms. The van der Waals surface area contributed by atoms with Crippen LogP contribution in [0, 0.1) is 27.2 Å². The van der Waals surface area contributed by atoms with Crippen molar-refractivity contribution in [3.05, 3.63) is 36.3 Å². The van der Waals surface area contributed by atoms with Crippen molar-refractivity contribution >= 4 is 33.0 Å². The second-order valence-corrected chi connectivity index (χ2v) is 3.57. The van der Waals surface area contributed by atoms with Gasteiger partial charge in [0.2, 0.25) is 0 Å². The first kappa shape index (κ1) is 11.4. The maximum atomic E-state index is 10.6. The first-order chi connectivity index (χ1) is 6.86. The van der Waals surface area contributed by atoms with Crippen LogP contribution >= 0.6 is 15.9 Å². The molecule has 0 saturated heterocycles. The predicted octanol–water partition coefficient (Wildman–Crippen LogP) is 2.16. The van der Waals surface area contributed by atoms with Crippen molar-refractivity contribution in [2.24, 2.45) is 0 Å². The van der Waals surface area contributed by atoms with Crippen LogP contribution in [0.25, 0.3) is 0 Å². The summed E-state index contributed by atoms with van der Waals surface area (Å²) < 4.78 is 0.184. The van der Waals surface area contributed by atoms with Gasteiger partial charge in [0.25, 0.3) is 11.4 Å². The average Bonchev–Trinajstić information content (AvgIpc) is 2.13. The maximum Gasteiger partial charge on any atom is 0.300 e. The van der Waals surface area contributed by atoms with E-state index in [1.807, 2.05) is 0 Å². The van der Waals surface area contributed by atoms with Gasteiger partial charge in [-0.3, -0.25) is 20.2 Å². The lowest BCUT2D eigenvalue weighted by molar-refractivity contribution is -0.394. The second kappa shape index (κ2) is 3.81. The molecule has 1 aromatic rings. The molecule has 0 aromatic heterocycles. The van der Waals surface area contributed by atoms with Crippen molar-refractivity contribution < 1.29 is 9.85 Å². The fourth-order valence-corrected chi connectivity index (χ4v) is 1.49. The molecule has 2 N–H and O–H groups in total. The van der Waals surface area contributed by atoms with Crippen LogP contribution < -0.4 is 5.73 Å². The number of benzene rings is 1. The Hall–Kier alpha value is -1.70. The molecule has 0 fully saturated rings. The van der Waals surface area contributed by atoms with E-state index in [1.165, 1.54) is 6.92 Å². The second-order valence-electron chi connectivity index (χ2n) is 2.78. The Morgan fingerprint density at radius 2 is 1.73 bits per heavy atom. The van der Waals surface area contributed by atoms with E-state index < -0.39 is 15.5 Å². The molecule has 0 radical (unpaired) electrons. The SMILES string of the molecule is Cc1c([N+](=O)[O-])cc([N+](=O)[O-])c(N)c1Br. The van der Waals surface area contributed by atoms with Crippen LogP contribution in [0.1, 0.15) is 5.56 Å². The summed E-state index contributed by atoms with van der Waals surface area (Å²) in [5, 5.41) is 21.1. The maximum absolute atomic E-state index is 10.6. The number of nitrogens with zero attached hydrogens (tertiary/aromatic N) is 2. The molecule has 0 unspecified atom stereocenters. The van der Waals surface area contributed by atoms with Crippen molar-refractivity contribution in [1.29, 1.82) is 0 Å².